The molecular formula is C15H11F4N3OS. The van der Waals surface area contributed by atoms with Gasteiger partial charge in [-0.15, -0.1) is 11.3 Å². The molecule has 2 aromatic heterocycles. The summed E-state index contributed by atoms with van der Waals surface area (Å²) in [6.07, 6.45) is -4.61. The maximum atomic E-state index is 13.7. The van der Waals surface area contributed by atoms with Crippen molar-refractivity contribution in [2.24, 2.45) is 7.05 Å². The number of thiophene rings is 1. The van der Waals surface area contributed by atoms with Crippen molar-refractivity contribution in [3.05, 3.63) is 46.2 Å². The number of aryl methyl sites for hydroxylation is 2. The molecule has 0 saturated carbocycles. The number of hydrogen-bond donors (Lipinski definition) is 1. The van der Waals surface area contributed by atoms with Crippen molar-refractivity contribution < 1.29 is 22.4 Å². The largest absolute Gasteiger partial charge is 0.435 e. The lowest BCUT2D eigenvalue weighted by atomic mass is 10.2. The Balaban J connectivity index is 1.98. The number of aromatic nitrogens is 2. The van der Waals surface area contributed by atoms with E-state index in [-0.39, 0.29) is 20.8 Å². The molecule has 1 aromatic carbocycles. The minimum Gasteiger partial charge on any atom is -0.319 e. The van der Waals surface area contributed by atoms with Crippen LogP contribution in [0.5, 0.6) is 0 Å². The van der Waals surface area contributed by atoms with E-state index < -0.39 is 23.6 Å². The third kappa shape index (κ3) is 2.86. The standard InChI is InChI=1S/C15H11F4N3OS/c1-7-3-4-9(16)10(5-7)20-13(23)11-6-8-12(15(17,18)19)21-22(2)14(8)24-11/h3-6H,1-2H3,(H,20,23). The van der Waals surface area contributed by atoms with Gasteiger partial charge in [-0.05, 0) is 30.7 Å². The quantitative estimate of drug-likeness (QED) is 0.693. The summed E-state index contributed by atoms with van der Waals surface area (Å²) in [6, 6.07) is 5.33. The van der Waals surface area contributed by atoms with Gasteiger partial charge in [-0.25, -0.2) is 4.39 Å². The van der Waals surface area contributed by atoms with E-state index in [2.05, 4.69) is 10.4 Å². The maximum Gasteiger partial charge on any atom is 0.435 e. The molecule has 4 nitrogen and oxygen atoms in total. The molecule has 0 aliphatic heterocycles. The highest BCUT2D eigenvalue weighted by molar-refractivity contribution is 7.20. The fourth-order valence-corrected chi connectivity index (χ4v) is 3.25. The number of carbonyl (C=O) groups is 1. The van der Waals surface area contributed by atoms with Crippen molar-refractivity contribution in [1.82, 2.24) is 9.78 Å². The second-order valence-corrected chi connectivity index (χ2v) is 6.27. The highest BCUT2D eigenvalue weighted by Gasteiger charge is 2.37. The molecule has 3 rings (SSSR count). The smallest absolute Gasteiger partial charge is 0.319 e. The lowest BCUT2D eigenvalue weighted by molar-refractivity contribution is -0.140. The Kier molecular flexibility index (Phi) is 3.83. The summed E-state index contributed by atoms with van der Waals surface area (Å²) in [7, 11) is 1.37. The molecule has 0 radical (unpaired) electrons. The SMILES string of the molecule is Cc1ccc(F)c(NC(=O)c2cc3c(C(F)(F)F)nn(C)c3s2)c1. The van der Waals surface area contributed by atoms with Crippen LogP contribution in [0.1, 0.15) is 20.9 Å². The van der Waals surface area contributed by atoms with Crippen LogP contribution in [0.2, 0.25) is 0 Å². The van der Waals surface area contributed by atoms with E-state index >= 15 is 0 Å². The molecule has 24 heavy (non-hydrogen) atoms. The molecule has 0 fully saturated rings. The van der Waals surface area contributed by atoms with Gasteiger partial charge in [0.05, 0.1) is 10.6 Å². The van der Waals surface area contributed by atoms with E-state index in [9.17, 15) is 22.4 Å². The number of halogens is 4. The van der Waals surface area contributed by atoms with Gasteiger partial charge in [-0.2, -0.15) is 18.3 Å². The minimum atomic E-state index is -4.61. The van der Waals surface area contributed by atoms with E-state index in [0.29, 0.717) is 0 Å². The monoisotopic (exact) mass is 357 g/mol. The molecule has 0 aliphatic carbocycles. The molecular weight excluding hydrogens is 346 g/mol. The van der Waals surface area contributed by atoms with Gasteiger partial charge in [-0.1, -0.05) is 6.07 Å². The van der Waals surface area contributed by atoms with Gasteiger partial charge in [0, 0.05) is 12.4 Å². The van der Waals surface area contributed by atoms with E-state index in [1.807, 2.05) is 0 Å². The number of carbonyl (C=O) groups excluding carboxylic acids is 1. The van der Waals surface area contributed by atoms with Gasteiger partial charge in [0.1, 0.15) is 10.6 Å². The number of anilines is 1. The van der Waals surface area contributed by atoms with Crippen LogP contribution in [0, 0.1) is 12.7 Å². The minimum absolute atomic E-state index is 0.0216. The number of hydrogen-bond acceptors (Lipinski definition) is 3. The molecule has 1 N–H and O–H groups in total. The predicted molar refractivity (Wildman–Crippen MR) is 82.7 cm³/mol. The fourth-order valence-electron chi connectivity index (χ4n) is 2.28. The van der Waals surface area contributed by atoms with E-state index in [1.165, 1.54) is 19.2 Å². The average molecular weight is 357 g/mol. The van der Waals surface area contributed by atoms with Crippen LogP contribution in [-0.4, -0.2) is 15.7 Å². The Morgan fingerprint density at radius 3 is 2.67 bits per heavy atom. The summed E-state index contributed by atoms with van der Waals surface area (Å²) in [5.74, 6) is -1.29. The van der Waals surface area contributed by atoms with Gasteiger partial charge in [0.25, 0.3) is 5.91 Å². The molecule has 1 amide bonds. The topological polar surface area (TPSA) is 46.9 Å². The maximum absolute atomic E-state index is 13.7. The second kappa shape index (κ2) is 5.59. The van der Waals surface area contributed by atoms with Crippen LogP contribution in [-0.2, 0) is 13.2 Å². The van der Waals surface area contributed by atoms with Crippen LogP contribution in [0.4, 0.5) is 23.2 Å². The summed E-state index contributed by atoms with van der Waals surface area (Å²) in [4.78, 5) is 12.5. The highest BCUT2D eigenvalue weighted by Crippen LogP contribution is 2.37. The Morgan fingerprint density at radius 2 is 2.00 bits per heavy atom. The summed E-state index contributed by atoms with van der Waals surface area (Å²) in [5, 5.41) is 5.67. The molecule has 0 spiro atoms. The summed E-state index contributed by atoms with van der Waals surface area (Å²) in [6.45, 7) is 1.73. The van der Waals surface area contributed by atoms with Crippen LogP contribution in [0.25, 0.3) is 10.2 Å². The first-order valence-electron chi connectivity index (χ1n) is 6.78. The van der Waals surface area contributed by atoms with Crippen LogP contribution in [0.15, 0.2) is 24.3 Å². The first kappa shape index (κ1) is 16.4. The number of nitrogens with zero attached hydrogens (tertiary/aromatic N) is 2. The highest BCUT2D eigenvalue weighted by atomic mass is 32.1. The molecule has 0 aliphatic rings. The zero-order valence-electron chi connectivity index (χ0n) is 12.5. The second-order valence-electron chi connectivity index (χ2n) is 5.24. The Morgan fingerprint density at radius 1 is 1.29 bits per heavy atom. The lowest BCUT2D eigenvalue weighted by Gasteiger charge is -2.06. The molecule has 2 heterocycles. The molecule has 0 atom stereocenters. The van der Waals surface area contributed by atoms with Crippen molar-refractivity contribution in [2.75, 3.05) is 5.32 Å². The van der Waals surface area contributed by atoms with Crippen LogP contribution < -0.4 is 5.32 Å². The predicted octanol–water partition coefficient (Wildman–Crippen LogP) is 4.35. The van der Waals surface area contributed by atoms with Gasteiger partial charge in [-0.3, -0.25) is 9.48 Å². The Bertz CT molecular complexity index is 942. The summed E-state index contributed by atoms with van der Waals surface area (Å²) in [5.41, 5.74) is -0.324. The van der Waals surface area contributed by atoms with Gasteiger partial charge >= 0.3 is 6.18 Å². The number of benzene rings is 1. The molecule has 0 saturated heterocycles. The number of nitrogens with one attached hydrogen (secondary N) is 1. The molecule has 0 bridgehead atoms. The van der Waals surface area contributed by atoms with E-state index in [4.69, 9.17) is 0 Å². The summed E-state index contributed by atoms with van der Waals surface area (Å²) < 4.78 is 53.7. The van der Waals surface area contributed by atoms with Crippen LogP contribution in [0.3, 0.4) is 0 Å². The van der Waals surface area contributed by atoms with Crippen molar-refractivity contribution in [1.29, 1.82) is 0 Å². The number of rotatable bonds is 2. The molecule has 126 valence electrons. The third-order valence-electron chi connectivity index (χ3n) is 3.37. The van der Waals surface area contributed by atoms with Crippen molar-refractivity contribution in [3.63, 3.8) is 0 Å². The first-order valence-corrected chi connectivity index (χ1v) is 7.59. The molecule has 9 heteroatoms. The van der Waals surface area contributed by atoms with Crippen molar-refractivity contribution >= 4 is 33.1 Å². The van der Waals surface area contributed by atoms with Crippen LogP contribution >= 0.6 is 11.3 Å². The third-order valence-corrected chi connectivity index (χ3v) is 4.57. The Labute approximate surface area is 137 Å². The zero-order valence-corrected chi connectivity index (χ0v) is 13.3. The van der Waals surface area contributed by atoms with Gasteiger partial charge in [0.2, 0.25) is 0 Å². The van der Waals surface area contributed by atoms with Crippen molar-refractivity contribution in [2.45, 2.75) is 13.1 Å². The average Bonchev–Trinajstić information content (AvgIpc) is 3.03. The van der Waals surface area contributed by atoms with Crippen molar-refractivity contribution in [3.8, 4) is 0 Å². The fraction of sp³-hybridized carbons (Fsp3) is 0.200. The number of amides is 1. The number of fused-ring (bicyclic) bond motifs is 1. The van der Waals surface area contributed by atoms with Gasteiger partial charge in [0.15, 0.2) is 5.69 Å². The normalized spacial score (nSPS) is 11.9. The zero-order chi connectivity index (χ0) is 17.6. The Hall–Kier alpha value is -2.42. The first-order chi connectivity index (χ1) is 11.2. The lowest BCUT2D eigenvalue weighted by Crippen LogP contribution is -2.12. The summed E-state index contributed by atoms with van der Waals surface area (Å²) >= 11 is 0.864. The van der Waals surface area contributed by atoms with Gasteiger partial charge < -0.3 is 5.32 Å². The van der Waals surface area contributed by atoms with E-state index in [1.54, 1.807) is 13.0 Å². The molecule has 3 aromatic rings. The number of alkyl halides is 3. The van der Waals surface area contributed by atoms with E-state index in [0.717, 1.165) is 27.6 Å². The molecule has 0 unspecified atom stereocenters.